The van der Waals surface area contributed by atoms with E-state index in [0.29, 0.717) is 9.50 Å². The summed E-state index contributed by atoms with van der Waals surface area (Å²) in [4.78, 5) is 16.5. The zero-order valence-electron chi connectivity index (χ0n) is 16.0. The SMILES string of the molecule is Cc1nc(C(F)(F)F)cn1-c1ccc(Br)cc1N(N)/C(=C\N)C(=O)c1ccc(Cl)cc1. The molecule has 0 fully saturated rings. The average molecular weight is 515 g/mol. The Bertz CT molecular complexity index is 1160. The number of hydrazine groups is 1. The van der Waals surface area contributed by atoms with Gasteiger partial charge in [-0.3, -0.25) is 9.80 Å². The molecule has 3 rings (SSSR count). The highest BCUT2D eigenvalue weighted by molar-refractivity contribution is 9.10. The van der Waals surface area contributed by atoms with Gasteiger partial charge in [0.25, 0.3) is 0 Å². The molecule has 0 radical (unpaired) electrons. The molecule has 0 atom stereocenters. The van der Waals surface area contributed by atoms with Gasteiger partial charge in [-0.1, -0.05) is 27.5 Å². The highest BCUT2D eigenvalue weighted by Crippen LogP contribution is 2.33. The lowest BCUT2D eigenvalue weighted by Crippen LogP contribution is -2.35. The number of ketones is 1. The highest BCUT2D eigenvalue weighted by Gasteiger charge is 2.35. The highest BCUT2D eigenvalue weighted by atomic mass is 79.9. The Hall–Kier alpha value is -2.82. The summed E-state index contributed by atoms with van der Waals surface area (Å²) in [5.74, 6) is 5.82. The minimum atomic E-state index is -4.61. The van der Waals surface area contributed by atoms with Crippen LogP contribution in [0.2, 0.25) is 5.02 Å². The number of hydrogen-bond acceptors (Lipinski definition) is 5. The second kappa shape index (κ2) is 8.74. The molecule has 162 valence electrons. The Kier molecular flexibility index (Phi) is 6.44. The van der Waals surface area contributed by atoms with Crippen LogP contribution in [0.5, 0.6) is 0 Å². The van der Waals surface area contributed by atoms with Gasteiger partial charge in [0, 0.05) is 27.5 Å². The fourth-order valence-electron chi connectivity index (χ4n) is 2.89. The maximum Gasteiger partial charge on any atom is 0.434 e. The molecule has 0 spiro atoms. The van der Waals surface area contributed by atoms with Crippen molar-refractivity contribution in [3.8, 4) is 5.69 Å². The standard InChI is InChI=1S/C20H16BrClF3N5O/c1-11-28-18(20(23,24)25)10-29(11)15-7-4-13(21)8-16(15)30(27)17(9-26)19(31)12-2-5-14(22)6-3-12/h2-10H,26-27H2,1H3/b17-9-. The molecule has 1 aromatic heterocycles. The van der Waals surface area contributed by atoms with Gasteiger partial charge in [-0.25, -0.2) is 10.8 Å². The molecular weight excluding hydrogens is 499 g/mol. The maximum atomic E-state index is 13.1. The molecule has 4 N–H and O–H groups in total. The van der Waals surface area contributed by atoms with Crippen molar-refractivity contribution < 1.29 is 18.0 Å². The van der Waals surface area contributed by atoms with Crippen LogP contribution in [0, 0.1) is 6.92 Å². The number of halogens is 5. The number of Topliss-reactive ketones (excluding diaryl/α,β-unsaturated/α-hetero) is 1. The number of carbonyl (C=O) groups is 1. The zero-order chi connectivity index (χ0) is 22.9. The fourth-order valence-corrected chi connectivity index (χ4v) is 3.37. The first-order valence-corrected chi connectivity index (χ1v) is 9.90. The van der Waals surface area contributed by atoms with Gasteiger partial charge in [0.2, 0.25) is 5.78 Å². The second-order valence-corrected chi connectivity index (χ2v) is 7.78. The molecule has 3 aromatic rings. The molecule has 0 amide bonds. The summed E-state index contributed by atoms with van der Waals surface area (Å²) in [6, 6.07) is 10.9. The van der Waals surface area contributed by atoms with Crippen LogP contribution < -0.4 is 16.6 Å². The average Bonchev–Trinajstić information content (AvgIpc) is 3.11. The summed E-state index contributed by atoms with van der Waals surface area (Å²) < 4.78 is 41.2. The lowest BCUT2D eigenvalue weighted by Gasteiger charge is -2.24. The van der Waals surface area contributed by atoms with Gasteiger partial charge in [0.05, 0.1) is 11.4 Å². The lowest BCUT2D eigenvalue weighted by atomic mass is 10.1. The number of anilines is 1. The number of hydrogen-bond donors (Lipinski definition) is 2. The quantitative estimate of drug-likeness (QED) is 0.217. The van der Waals surface area contributed by atoms with E-state index in [-0.39, 0.29) is 28.5 Å². The number of nitrogens with two attached hydrogens (primary N) is 2. The van der Waals surface area contributed by atoms with Crippen molar-refractivity contribution in [3.63, 3.8) is 0 Å². The molecule has 0 aliphatic rings. The van der Waals surface area contributed by atoms with Gasteiger partial charge in [-0.05, 0) is 49.4 Å². The second-order valence-electron chi connectivity index (χ2n) is 6.43. The van der Waals surface area contributed by atoms with E-state index in [9.17, 15) is 18.0 Å². The summed E-state index contributed by atoms with van der Waals surface area (Å²) >= 11 is 9.18. The smallest absolute Gasteiger partial charge is 0.403 e. The molecule has 0 bridgehead atoms. The Balaban J connectivity index is 2.08. The Morgan fingerprint density at radius 1 is 1.23 bits per heavy atom. The van der Waals surface area contributed by atoms with E-state index < -0.39 is 17.7 Å². The first-order chi connectivity index (χ1) is 14.5. The van der Waals surface area contributed by atoms with Crippen LogP contribution in [0.25, 0.3) is 5.69 Å². The van der Waals surface area contributed by atoms with E-state index >= 15 is 0 Å². The lowest BCUT2D eigenvalue weighted by molar-refractivity contribution is -0.141. The van der Waals surface area contributed by atoms with Gasteiger partial charge in [-0.15, -0.1) is 0 Å². The molecule has 31 heavy (non-hydrogen) atoms. The number of nitrogens with zero attached hydrogens (tertiary/aromatic N) is 3. The molecule has 0 saturated heterocycles. The third-order valence-corrected chi connectivity index (χ3v) is 5.13. The van der Waals surface area contributed by atoms with Crippen LogP contribution in [0.4, 0.5) is 18.9 Å². The van der Waals surface area contributed by atoms with Crippen LogP contribution in [0.1, 0.15) is 21.9 Å². The van der Waals surface area contributed by atoms with Crippen LogP contribution in [-0.2, 0) is 6.18 Å². The minimum absolute atomic E-state index is 0.0875. The first kappa shape index (κ1) is 22.9. The summed E-state index contributed by atoms with van der Waals surface area (Å²) in [6.45, 7) is 1.43. The number of imidazole rings is 1. The van der Waals surface area contributed by atoms with Gasteiger partial charge in [-0.2, -0.15) is 13.2 Å². The van der Waals surface area contributed by atoms with Gasteiger partial charge in [0.15, 0.2) is 5.69 Å². The molecule has 0 aliphatic heterocycles. The van der Waals surface area contributed by atoms with E-state index in [0.717, 1.165) is 17.4 Å². The predicted molar refractivity (Wildman–Crippen MR) is 116 cm³/mol. The number of aryl methyl sites for hydroxylation is 1. The fraction of sp³-hybridized carbons (Fsp3) is 0.100. The molecule has 2 aromatic carbocycles. The minimum Gasteiger partial charge on any atom is -0.403 e. The molecule has 11 heteroatoms. The van der Waals surface area contributed by atoms with Gasteiger partial charge in [0.1, 0.15) is 11.5 Å². The summed E-state index contributed by atoms with van der Waals surface area (Å²) in [6.07, 6.45) is -2.72. The van der Waals surface area contributed by atoms with Crippen molar-refractivity contribution in [3.05, 3.63) is 87.1 Å². The molecule has 0 unspecified atom stereocenters. The number of carbonyl (C=O) groups excluding carboxylic acids is 1. The van der Waals surface area contributed by atoms with Crippen LogP contribution in [-0.4, -0.2) is 15.3 Å². The first-order valence-electron chi connectivity index (χ1n) is 8.73. The molecule has 0 aliphatic carbocycles. The van der Waals surface area contributed by atoms with Crippen LogP contribution >= 0.6 is 27.5 Å². The van der Waals surface area contributed by atoms with Crippen LogP contribution in [0.3, 0.4) is 0 Å². The monoisotopic (exact) mass is 513 g/mol. The molecular formula is C20H16BrClF3N5O. The summed E-state index contributed by atoms with van der Waals surface area (Å²) in [5.41, 5.74) is 5.33. The topological polar surface area (TPSA) is 90.2 Å². The van der Waals surface area contributed by atoms with Crippen molar-refractivity contribution in [2.75, 3.05) is 5.01 Å². The van der Waals surface area contributed by atoms with Gasteiger partial charge >= 0.3 is 6.18 Å². The van der Waals surface area contributed by atoms with E-state index in [1.54, 1.807) is 30.3 Å². The predicted octanol–water partition coefficient (Wildman–Crippen LogP) is 4.98. The van der Waals surface area contributed by atoms with Crippen molar-refractivity contribution in [1.82, 2.24) is 9.55 Å². The zero-order valence-corrected chi connectivity index (χ0v) is 18.3. The third-order valence-electron chi connectivity index (χ3n) is 4.39. The molecule has 1 heterocycles. The largest absolute Gasteiger partial charge is 0.434 e. The van der Waals surface area contributed by atoms with Gasteiger partial charge < -0.3 is 10.3 Å². The van der Waals surface area contributed by atoms with Crippen molar-refractivity contribution in [1.29, 1.82) is 0 Å². The summed E-state index contributed by atoms with van der Waals surface area (Å²) in [7, 11) is 0. The van der Waals surface area contributed by atoms with E-state index in [4.69, 9.17) is 23.2 Å². The maximum absolute atomic E-state index is 13.1. The van der Waals surface area contributed by atoms with E-state index in [1.165, 1.54) is 23.6 Å². The van der Waals surface area contributed by atoms with Crippen molar-refractivity contribution in [2.24, 2.45) is 11.6 Å². The Morgan fingerprint density at radius 3 is 2.42 bits per heavy atom. The van der Waals surface area contributed by atoms with Crippen LogP contribution in [0.15, 0.2) is 65.0 Å². The number of allylic oxidation sites excluding steroid dienone is 1. The molecule has 0 saturated carbocycles. The summed E-state index contributed by atoms with van der Waals surface area (Å²) in [5, 5.41) is 1.47. The number of aromatic nitrogens is 2. The molecule has 6 nitrogen and oxygen atoms in total. The number of benzene rings is 2. The number of alkyl halides is 3. The van der Waals surface area contributed by atoms with E-state index in [2.05, 4.69) is 20.9 Å². The Morgan fingerprint density at radius 2 is 1.87 bits per heavy atom. The van der Waals surface area contributed by atoms with Crippen molar-refractivity contribution in [2.45, 2.75) is 13.1 Å². The van der Waals surface area contributed by atoms with Crippen molar-refractivity contribution >= 4 is 39.0 Å². The third kappa shape index (κ3) is 4.76. The number of rotatable bonds is 5. The normalized spacial score (nSPS) is 12.2. The van der Waals surface area contributed by atoms with E-state index in [1.807, 2.05) is 0 Å². The Labute approximate surface area is 189 Å².